The van der Waals surface area contributed by atoms with Gasteiger partial charge in [0.15, 0.2) is 6.29 Å². The Morgan fingerprint density at radius 2 is 1.45 bits per heavy atom. The predicted octanol–water partition coefficient (Wildman–Crippen LogP) is 4.08. The first kappa shape index (κ1) is 16.8. The van der Waals surface area contributed by atoms with E-state index >= 15 is 0 Å². The van der Waals surface area contributed by atoms with Crippen LogP contribution in [0.2, 0.25) is 0 Å². The van der Waals surface area contributed by atoms with Crippen LogP contribution < -0.4 is 0 Å². The van der Waals surface area contributed by atoms with Crippen molar-refractivity contribution in [1.29, 1.82) is 0 Å². The topological polar surface area (TPSA) is 36.9 Å². The molecule has 2 saturated heterocycles. The van der Waals surface area contributed by atoms with Gasteiger partial charge in [-0.2, -0.15) is 0 Å². The Balaban J connectivity index is 1.63. The molecule has 2 aliphatic heterocycles. The molecule has 1 aromatic rings. The van der Waals surface area contributed by atoms with Gasteiger partial charge >= 0.3 is 0 Å². The molecular formula is C16H24O4P2. The summed E-state index contributed by atoms with van der Waals surface area (Å²) in [5.41, 5.74) is 2.16. The lowest BCUT2D eigenvalue weighted by Gasteiger charge is -2.42. The van der Waals surface area contributed by atoms with Gasteiger partial charge in [0.1, 0.15) is 0 Å². The molecule has 122 valence electrons. The zero-order valence-corrected chi connectivity index (χ0v) is 15.2. The van der Waals surface area contributed by atoms with E-state index in [9.17, 15) is 0 Å². The number of hydrogen-bond acceptors (Lipinski definition) is 4. The molecule has 2 unspecified atom stereocenters. The minimum Gasteiger partial charge on any atom is -0.358 e. The number of benzene rings is 1. The zero-order valence-electron chi connectivity index (χ0n) is 13.4. The summed E-state index contributed by atoms with van der Waals surface area (Å²) in [4.78, 5) is 0. The fourth-order valence-electron chi connectivity index (χ4n) is 2.58. The first-order valence-corrected chi connectivity index (χ1v) is 11.3. The monoisotopic (exact) mass is 342 g/mol. The smallest absolute Gasteiger partial charge is 0.183 e. The summed E-state index contributed by atoms with van der Waals surface area (Å²) < 4.78 is 24.1. The molecule has 1 spiro atoms. The molecule has 3 rings (SSSR count). The van der Waals surface area contributed by atoms with Crippen LogP contribution in [0.5, 0.6) is 0 Å². The summed E-state index contributed by atoms with van der Waals surface area (Å²) in [6.07, 6.45) is -0.275. The normalized spacial score (nSPS) is 36.8. The number of rotatable bonds is 1. The first-order chi connectivity index (χ1) is 10.6. The molecule has 0 aliphatic carbocycles. The molecule has 0 saturated carbocycles. The SMILES string of the molecule is Cc1ccc(C2OCC3(CO2)COP(C)CP(C)OC3)cc1. The number of ether oxygens (including phenoxy) is 2. The standard InChI is InChI=1S/C16H24O4P2/c1-13-4-6-14(7-5-13)15-17-8-16(9-18-15)10-19-21(2)12-22(3)20-11-16/h4-7,15H,8-12H2,1-3H3. The van der Waals surface area contributed by atoms with Gasteiger partial charge in [0, 0.05) is 27.8 Å². The van der Waals surface area contributed by atoms with Crippen molar-refractivity contribution < 1.29 is 18.5 Å². The minimum atomic E-state index is -0.391. The Kier molecular flexibility index (Phi) is 5.50. The van der Waals surface area contributed by atoms with Gasteiger partial charge in [0.25, 0.3) is 0 Å². The fourth-order valence-corrected chi connectivity index (χ4v) is 6.46. The van der Waals surface area contributed by atoms with E-state index in [0.29, 0.717) is 26.4 Å². The van der Waals surface area contributed by atoms with E-state index in [0.717, 1.165) is 11.5 Å². The highest BCUT2D eigenvalue weighted by atomic mass is 31.2. The van der Waals surface area contributed by atoms with E-state index in [-0.39, 0.29) is 11.7 Å². The average molecular weight is 342 g/mol. The summed E-state index contributed by atoms with van der Waals surface area (Å²) in [6.45, 7) is 9.01. The molecule has 0 amide bonds. The van der Waals surface area contributed by atoms with Crippen molar-refractivity contribution in [3.05, 3.63) is 35.4 Å². The molecule has 4 nitrogen and oxygen atoms in total. The highest BCUT2D eigenvalue weighted by molar-refractivity contribution is 7.69. The molecule has 2 fully saturated rings. The van der Waals surface area contributed by atoms with E-state index in [1.165, 1.54) is 5.56 Å². The lowest BCUT2D eigenvalue weighted by Crippen LogP contribution is -2.45. The summed E-state index contributed by atoms with van der Waals surface area (Å²) in [7, 11) is -0.783. The maximum absolute atomic E-state index is 6.04. The fraction of sp³-hybridized carbons (Fsp3) is 0.625. The maximum Gasteiger partial charge on any atom is 0.183 e. The number of aryl methyl sites for hydroxylation is 1. The van der Waals surface area contributed by atoms with Crippen LogP contribution in [-0.2, 0) is 18.5 Å². The van der Waals surface area contributed by atoms with Crippen molar-refractivity contribution >= 4 is 16.3 Å². The van der Waals surface area contributed by atoms with Crippen molar-refractivity contribution in [3.63, 3.8) is 0 Å². The third-order valence-electron chi connectivity index (χ3n) is 4.01. The Morgan fingerprint density at radius 3 is 2.00 bits per heavy atom. The van der Waals surface area contributed by atoms with Crippen molar-refractivity contribution in [2.75, 3.05) is 45.7 Å². The summed E-state index contributed by atoms with van der Waals surface area (Å²) in [6, 6.07) is 8.31. The first-order valence-electron chi connectivity index (χ1n) is 7.54. The van der Waals surface area contributed by atoms with Crippen LogP contribution in [0.15, 0.2) is 24.3 Å². The van der Waals surface area contributed by atoms with E-state index in [1.54, 1.807) is 0 Å². The second-order valence-electron chi connectivity index (χ2n) is 6.31. The zero-order chi connectivity index (χ0) is 15.6. The lowest BCUT2D eigenvalue weighted by atomic mass is 9.91. The third kappa shape index (κ3) is 4.06. The molecule has 0 N–H and O–H groups in total. The third-order valence-corrected chi connectivity index (χ3v) is 8.34. The van der Waals surface area contributed by atoms with Crippen molar-refractivity contribution in [2.45, 2.75) is 13.2 Å². The molecule has 2 aliphatic rings. The Hall–Kier alpha value is -0.0800. The molecule has 2 heterocycles. The maximum atomic E-state index is 6.04. The van der Waals surface area contributed by atoms with E-state index in [2.05, 4.69) is 44.5 Å². The van der Waals surface area contributed by atoms with Crippen LogP contribution in [0.4, 0.5) is 0 Å². The highest BCUT2D eigenvalue weighted by Crippen LogP contribution is 2.52. The van der Waals surface area contributed by atoms with E-state index < -0.39 is 16.3 Å². The summed E-state index contributed by atoms with van der Waals surface area (Å²) in [5.74, 6) is 1.06. The Morgan fingerprint density at radius 1 is 0.909 bits per heavy atom. The van der Waals surface area contributed by atoms with Gasteiger partial charge in [0.05, 0.1) is 31.8 Å². The van der Waals surface area contributed by atoms with E-state index in [1.807, 2.05) is 0 Å². The van der Waals surface area contributed by atoms with Crippen LogP contribution in [0.1, 0.15) is 17.4 Å². The number of hydrogen-bond donors (Lipinski definition) is 0. The quantitative estimate of drug-likeness (QED) is 0.721. The van der Waals surface area contributed by atoms with Crippen LogP contribution in [-0.4, -0.2) is 45.7 Å². The molecule has 2 atom stereocenters. The molecular weight excluding hydrogens is 318 g/mol. The summed E-state index contributed by atoms with van der Waals surface area (Å²) in [5, 5.41) is 0. The Labute approximate surface area is 135 Å². The predicted molar refractivity (Wildman–Crippen MR) is 90.7 cm³/mol. The Bertz CT molecular complexity index is 471. The molecule has 0 aromatic heterocycles. The van der Waals surface area contributed by atoms with Gasteiger partial charge in [-0.1, -0.05) is 29.8 Å². The van der Waals surface area contributed by atoms with Crippen molar-refractivity contribution in [2.24, 2.45) is 5.41 Å². The van der Waals surface area contributed by atoms with Gasteiger partial charge in [-0.3, -0.25) is 0 Å². The average Bonchev–Trinajstić information content (AvgIpc) is 2.52. The van der Waals surface area contributed by atoms with Gasteiger partial charge < -0.3 is 18.5 Å². The van der Waals surface area contributed by atoms with Crippen LogP contribution >= 0.6 is 16.3 Å². The largest absolute Gasteiger partial charge is 0.358 e. The lowest BCUT2D eigenvalue weighted by molar-refractivity contribution is -0.244. The van der Waals surface area contributed by atoms with Gasteiger partial charge in [-0.05, 0) is 20.3 Å². The summed E-state index contributed by atoms with van der Waals surface area (Å²) >= 11 is 0. The molecule has 0 radical (unpaired) electrons. The second-order valence-corrected chi connectivity index (χ2v) is 10.5. The van der Waals surface area contributed by atoms with Crippen molar-refractivity contribution in [3.8, 4) is 0 Å². The van der Waals surface area contributed by atoms with Crippen LogP contribution in [0.3, 0.4) is 0 Å². The highest BCUT2D eigenvalue weighted by Gasteiger charge is 2.40. The molecule has 0 bridgehead atoms. The minimum absolute atomic E-state index is 0.158. The second kappa shape index (κ2) is 7.21. The molecule has 6 heteroatoms. The molecule has 22 heavy (non-hydrogen) atoms. The molecule has 1 aromatic carbocycles. The van der Waals surface area contributed by atoms with Crippen molar-refractivity contribution in [1.82, 2.24) is 0 Å². The van der Waals surface area contributed by atoms with E-state index in [4.69, 9.17) is 18.5 Å². The van der Waals surface area contributed by atoms with Crippen LogP contribution in [0, 0.1) is 12.3 Å². The van der Waals surface area contributed by atoms with Gasteiger partial charge in [0.2, 0.25) is 0 Å². The van der Waals surface area contributed by atoms with Crippen LogP contribution in [0.25, 0.3) is 0 Å². The van der Waals surface area contributed by atoms with Gasteiger partial charge in [-0.25, -0.2) is 0 Å². The van der Waals surface area contributed by atoms with Gasteiger partial charge in [-0.15, -0.1) is 0 Å².